The molecule has 0 fully saturated rings. The Bertz CT molecular complexity index is 894. The lowest BCUT2D eigenvalue weighted by atomic mass is 10.1. The predicted molar refractivity (Wildman–Crippen MR) is 121 cm³/mol. The predicted octanol–water partition coefficient (Wildman–Crippen LogP) is 7.29. The van der Waals surface area contributed by atoms with Crippen LogP contribution in [-0.4, -0.2) is 5.97 Å². The van der Waals surface area contributed by atoms with Crippen molar-refractivity contribution in [3.05, 3.63) is 65.2 Å². The molecule has 2 aromatic carbocycles. The molecule has 0 unspecified atom stereocenters. The van der Waals surface area contributed by atoms with Gasteiger partial charge in [0.15, 0.2) is 0 Å². The number of halogens is 3. The number of hydrogen-bond acceptors (Lipinski definition) is 3. The lowest BCUT2D eigenvalue weighted by Gasteiger charge is -2.23. The average Bonchev–Trinajstić information content (AvgIpc) is 2.75. The molecule has 0 saturated carbocycles. The van der Waals surface area contributed by atoms with E-state index in [1.54, 1.807) is 0 Å². The van der Waals surface area contributed by atoms with Crippen LogP contribution < -0.4 is 5.06 Å². The number of benzene rings is 2. The molecule has 0 aliphatic carbocycles. The number of nitrogens with zero attached hydrogens (tertiary/aromatic N) is 1. The Kier molecular flexibility index (Phi) is 10.1. The summed E-state index contributed by atoms with van der Waals surface area (Å²) in [5, 5.41) is 1.28. The Morgan fingerprint density at radius 2 is 1.56 bits per heavy atom. The topological polar surface area (TPSA) is 29.5 Å². The van der Waals surface area contributed by atoms with E-state index in [1.165, 1.54) is 56.2 Å². The van der Waals surface area contributed by atoms with Gasteiger partial charge in [-0.2, -0.15) is 13.2 Å². The summed E-state index contributed by atoms with van der Waals surface area (Å²) in [4.78, 5) is 16.7. The van der Waals surface area contributed by atoms with Crippen LogP contribution in [0.5, 0.6) is 0 Å². The van der Waals surface area contributed by atoms with Crippen LogP contribution in [0.15, 0.2) is 48.5 Å². The van der Waals surface area contributed by atoms with Gasteiger partial charge in [-0.3, -0.25) is 4.79 Å². The van der Waals surface area contributed by atoms with E-state index in [2.05, 4.69) is 18.8 Å². The molecule has 0 aromatic heterocycles. The van der Waals surface area contributed by atoms with Crippen molar-refractivity contribution in [1.82, 2.24) is 0 Å². The molecule has 0 spiro atoms. The zero-order valence-corrected chi connectivity index (χ0v) is 18.7. The average molecular weight is 446 g/mol. The largest absolute Gasteiger partial charge is 0.416 e. The van der Waals surface area contributed by atoms with Crippen molar-refractivity contribution in [3.63, 3.8) is 0 Å². The van der Waals surface area contributed by atoms with Crippen LogP contribution in [0.2, 0.25) is 0 Å². The van der Waals surface area contributed by atoms with Crippen molar-refractivity contribution in [2.24, 2.45) is 0 Å². The smallest absolute Gasteiger partial charge is 0.341 e. The Balaban J connectivity index is 1.95. The molecule has 0 radical (unpaired) electrons. The van der Waals surface area contributed by atoms with Crippen LogP contribution in [-0.2, 0) is 22.4 Å². The fourth-order valence-electron chi connectivity index (χ4n) is 3.17. The first-order valence-corrected chi connectivity index (χ1v) is 11.0. The van der Waals surface area contributed by atoms with Gasteiger partial charge in [0.2, 0.25) is 0 Å². The SMILES string of the molecule is CCCCCCCCC#Cc1ccc(CN(OC(C)=O)c2ccc(C(F)(F)F)cc2)cc1. The number of carbonyl (C=O) groups is 1. The maximum atomic E-state index is 12.8. The van der Waals surface area contributed by atoms with Crippen molar-refractivity contribution in [1.29, 1.82) is 0 Å². The fourth-order valence-corrected chi connectivity index (χ4v) is 3.17. The van der Waals surface area contributed by atoms with Gasteiger partial charge in [0.25, 0.3) is 0 Å². The summed E-state index contributed by atoms with van der Waals surface area (Å²) in [7, 11) is 0. The first kappa shape index (κ1) is 25.3. The number of anilines is 1. The highest BCUT2D eigenvalue weighted by atomic mass is 19.4. The summed E-state index contributed by atoms with van der Waals surface area (Å²) in [6, 6.07) is 12.0. The molecule has 3 nitrogen and oxygen atoms in total. The minimum absolute atomic E-state index is 0.205. The summed E-state index contributed by atoms with van der Waals surface area (Å²) in [5.41, 5.74) is 1.34. The molecular weight excluding hydrogens is 415 g/mol. The number of rotatable bonds is 10. The van der Waals surface area contributed by atoms with Gasteiger partial charge in [-0.1, -0.05) is 63.0 Å². The van der Waals surface area contributed by atoms with Gasteiger partial charge in [-0.15, -0.1) is 0 Å². The van der Waals surface area contributed by atoms with E-state index < -0.39 is 17.7 Å². The van der Waals surface area contributed by atoms with E-state index >= 15 is 0 Å². The van der Waals surface area contributed by atoms with Crippen LogP contribution >= 0.6 is 0 Å². The third-order valence-electron chi connectivity index (χ3n) is 4.89. The third kappa shape index (κ3) is 9.05. The molecule has 0 bridgehead atoms. The first-order chi connectivity index (χ1) is 15.3. The Hall–Kier alpha value is -2.94. The number of unbranched alkanes of at least 4 members (excludes halogenated alkanes) is 6. The molecule has 2 rings (SSSR count). The number of carbonyl (C=O) groups excluding carboxylic acids is 1. The van der Waals surface area contributed by atoms with Gasteiger partial charge in [-0.25, -0.2) is 5.06 Å². The van der Waals surface area contributed by atoms with Crippen molar-refractivity contribution >= 4 is 11.7 Å². The van der Waals surface area contributed by atoms with E-state index in [0.29, 0.717) is 5.69 Å². The number of hydroxylamine groups is 1. The normalized spacial score (nSPS) is 10.9. The van der Waals surface area contributed by atoms with Crippen molar-refractivity contribution in [3.8, 4) is 11.8 Å². The van der Waals surface area contributed by atoms with Crippen LogP contribution in [0.4, 0.5) is 18.9 Å². The van der Waals surface area contributed by atoms with E-state index in [0.717, 1.165) is 36.1 Å². The lowest BCUT2D eigenvalue weighted by molar-refractivity contribution is -0.143. The highest BCUT2D eigenvalue weighted by Crippen LogP contribution is 2.31. The van der Waals surface area contributed by atoms with Gasteiger partial charge in [0.05, 0.1) is 17.8 Å². The zero-order chi connectivity index (χ0) is 23.4. The molecule has 0 aliphatic rings. The van der Waals surface area contributed by atoms with Gasteiger partial charge in [0, 0.05) is 18.9 Å². The maximum absolute atomic E-state index is 12.8. The quantitative estimate of drug-likeness (QED) is 0.218. The van der Waals surface area contributed by atoms with Crippen LogP contribution in [0.1, 0.15) is 75.5 Å². The molecular formula is C26H30F3NO2. The standard InChI is InChI=1S/C26H30F3NO2/c1-3-4-5-6-7-8-9-10-11-22-12-14-23(15-13-22)20-30(32-21(2)31)25-18-16-24(17-19-25)26(27,28)29/h12-19H,3-9,20H2,1-2H3. The number of hydrogen-bond donors (Lipinski definition) is 0. The number of alkyl halides is 3. The molecule has 0 N–H and O–H groups in total. The van der Waals surface area contributed by atoms with E-state index in [-0.39, 0.29) is 6.54 Å². The summed E-state index contributed by atoms with van der Waals surface area (Å²) in [5.74, 6) is 5.80. The summed E-state index contributed by atoms with van der Waals surface area (Å²) < 4.78 is 38.4. The van der Waals surface area contributed by atoms with E-state index in [4.69, 9.17) is 4.84 Å². The highest BCUT2D eigenvalue weighted by molar-refractivity contribution is 5.67. The Labute approximate surface area is 188 Å². The molecule has 172 valence electrons. The minimum atomic E-state index is -4.42. The van der Waals surface area contributed by atoms with Crippen LogP contribution in [0.25, 0.3) is 0 Å². The van der Waals surface area contributed by atoms with E-state index in [1.807, 2.05) is 24.3 Å². The molecule has 32 heavy (non-hydrogen) atoms. The molecule has 0 saturated heterocycles. The maximum Gasteiger partial charge on any atom is 0.416 e. The monoisotopic (exact) mass is 445 g/mol. The Morgan fingerprint density at radius 3 is 2.16 bits per heavy atom. The molecule has 0 aliphatic heterocycles. The fraction of sp³-hybridized carbons (Fsp3) is 0.423. The summed E-state index contributed by atoms with van der Waals surface area (Å²) in [6.45, 7) is 3.66. The van der Waals surface area contributed by atoms with Crippen molar-refractivity contribution in [2.75, 3.05) is 5.06 Å². The lowest BCUT2D eigenvalue weighted by Crippen LogP contribution is -2.25. The Morgan fingerprint density at radius 1 is 0.938 bits per heavy atom. The molecule has 6 heteroatoms. The second-order valence-corrected chi connectivity index (χ2v) is 7.68. The summed E-state index contributed by atoms with van der Waals surface area (Å²) in [6.07, 6.45) is 3.89. The van der Waals surface area contributed by atoms with Crippen molar-refractivity contribution in [2.45, 2.75) is 71.5 Å². The van der Waals surface area contributed by atoms with Crippen LogP contribution in [0.3, 0.4) is 0 Å². The molecule has 0 amide bonds. The second kappa shape index (κ2) is 12.8. The first-order valence-electron chi connectivity index (χ1n) is 11.0. The van der Waals surface area contributed by atoms with Crippen molar-refractivity contribution < 1.29 is 22.8 Å². The zero-order valence-electron chi connectivity index (χ0n) is 18.7. The minimum Gasteiger partial charge on any atom is -0.341 e. The second-order valence-electron chi connectivity index (χ2n) is 7.68. The van der Waals surface area contributed by atoms with Crippen LogP contribution in [0, 0.1) is 11.8 Å². The van der Waals surface area contributed by atoms with Gasteiger partial charge < -0.3 is 4.84 Å². The summed E-state index contributed by atoms with van der Waals surface area (Å²) >= 11 is 0. The van der Waals surface area contributed by atoms with Gasteiger partial charge in [-0.05, 0) is 48.4 Å². The molecule has 0 heterocycles. The van der Waals surface area contributed by atoms with Gasteiger partial charge in [0.1, 0.15) is 0 Å². The molecule has 0 atom stereocenters. The third-order valence-corrected chi connectivity index (χ3v) is 4.89. The van der Waals surface area contributed by atoms with E-state index in [9.17, 15) is 18.0 Å². The highest BCUT2D eigenvalue weighted by Gasteiger charge is 2.30. The van der Waals surface area contributed by atoms with Gasteiger partial charge >= 0.3 is 12.1 Å². The molecule has 2 aromatic rings.